The van der Waals surface area contributed by atoms with Gasteiger partial charge in [0.15, 0.2) is 0 Å². The van der Waals surface area contributed by atoms with Gasteiger partial charge in [0.2, 0.25) is 0 Å². The lowest BCUT2D eigenvalue weighted by atomic mass is 10.0. The predicted molar refractivity (Wildman–Crippen MR) is 100 cm³/mol. The second kappa shape index (κ2) is 9.33. The summed E-state index contributed by atoms with van der Waals surface area (Å²) in [6.07, 6.45) is 3.82. The van der Waals surface area contributed by atoms with E-state index in [1.807, 2.05) is 13.2 Å². The molecule has 1 unspecified atom stereocenters. The topological polar surface area (TPSA) is 98.1 Å². The first-order valence-corrected chi connectivity index (χ1v) is 9.43. The molecule has 0 aromatic carbocycles. The number of nitrogens with zero attached hydrogens (tertiary/aromatic N) is 3. The molecule has 0 aliphatic rings. The van der Waals surface area contributed by atoms with E-state index in [2.05, 4.69) is 34.6 Å². The van der Waals surface area contributed by atoms with Gasteiger partial charge in [0, 0.05) is 36.8 Å². The van der Waals surface area contributed by atoms with E-state index in [1.165, 1.54) is 11.3 Å². The highest BCUT2D eigenvalue weighted by Crippen LogP contribution is 2.22. The standard InChI is InChI=1S/C17H25N5O3S/c1-5-25-17(24)20-13(6-11(2)3)8-18-15(23)14-10-26-16(21-14)12-7-19-22(4)9-12/h7,9-11,13H,5-6,8H2,1-4H3,(H,18,23)(H,20,24). The molecule has 0 saturated heterocycles. The van der Waals surface area contributed by atoms with Gasteiger partial charge in [0.25, 0.3) is 5.91 Å². The van der Waals surface area contributed by atoms with Crippen LogP contribution in [0.15, 0.2) is 17.8 Å². The van der Waals surface area contributed by atoms with Gasteiger partial charge in [-0.1, -0.05) is 13.8 Å². The Morgan fingerprint density at radius 1 is 1.38 bits per heavy atom. The Labute approximate surface area is 157 Å². The molecule has 0 spiro atoms. The molecule has 142 valence electrons. The van der Waals surface area contributed by atoms with Crippen molar-refractivity contribution in [2.24, 2.45) is 13.0 Å². The molecule has 2 heterocycles. The predicted octanol–water partition coefficient (Wildman–Crippen LogP) is 2.43. The molecule has 0 saturated carbocycles. The monoisotopic (exact) mass is 379 g/mol. The summed E-state index contributed by atoms with van der Waals surface area (Å²) in [5.41, 5.74) is 1.23. The molecule has 2 amide bonds. The van der Waals surface area contributed by atoms with Crippen molar-refractivity contribution in [3.8, 4) is 10.6 Å². The Hall–Kier alpha value is -2.42. The van der Waals surface area contributed by atoms with Crippen LogP contribution in [0.25, 0.3) is 10.6 Å². The van der Waals surface area contributed by atoms with Crippen LogP contribution in [-0.4, -0.2) is 46.0 Å². The quantitative estimate of drug-likeness (QED) is 0.734. The molecular weight excluding hydrogens is 354 g/mol. The van der Waals surface area contributed by atoms with Crippen molar-refractivity contribution in [3.05, 3.63) is 23.5 Å². The van der Waals surface area contributed by atoms with Crippen molar-refractivity contribution in [2.45, 2.75) is 33.2 Å². The average Bonchev–Trinajstić information content (AvgIpc) is 3.20. The van der Waals surface area contributed by atoms with E-state index in [0.29, 0.717) is 24.8 Å². The first-order valence-electron chi connectivity index (χ1n) is 8.55. The summed E-state index contributed by atoms with van der Waals surface area (Å²) in [5, 5.41) is 12.2. The van der Waals surface area contributed by atoms with Crippen LogP contribution in [0.2, 0.25) is 0 Å². The normalized spacial score (nSPS) is 12.0. The lowest BCUT2D eigenvalue weighted by Crippen LogP contribution is -2.44. The zero-order valence-electron chi connectivity index (χ0n) is 15.5. The molecule has 0 bridgehead atoms. The van der Waals surface area contributed by atoms with E-state index >= 15 is 0 Å². The Morgan fingerprint density at radius 2 is 2.15 bits per heavy atom. The summed E-state index contributed by atoms with van der Waals surface area (Å²) < 4.78 is 6.61. The third-order valence-electron chi connectivity index (χ3n) is 3.55. The number of amides is 2. The van der Waals surface area contributed by atoms with Gasteiger partial charge in [0.05, 0.1) is 12.8 Å². The Bertz CT molecular complexity index is 740. The minimum Gasteiger partial charge on any atom is -0.450 e. The Kier molecular flexibility index (Phi) is 7.14. The second-order valence-electron chi connectivity index (χ2n) is 6.34. The van der Waals surface area contributed by atoms with Crippen LogP contribution >= 0.6 is 11.3 Å². The number of thiazole rings is 1. The number of alkyl carbamates (subject to hydrolysis) is 1. The molecule has 0 aliphatic heterocycles. The van der Waals surface area contributed by atoms with Crippen LogP contribution in [0.4, 0.5) is 4.79 Å². The number of carbonyl (C=O) groups excluding carboxylic acids is 2. The van der Waals surface area contributed by atoms with Crippen LogP contribution < -0.4 is 10.6 Å². The molecule has 0 fully saturated rings. The van der Waals surface area contributed by atoms with Gasteiger partial charge in [0.1, 0.15) is 10.7 Å². The van der Waals surface area contributed by atoms with Crippen LogP contribution in [0.3, 0.4) is 0 Å². The van der Waals surface area contributed by atoms with Crippen LogP contribution in [0, 0.1) is 5.92 Å². The Balaban J connectivity index is 1.94. The summed E-state index contributed by atoms with van der Waals surface area (Å²) >= 11 is 1.39. The van der Waals surface area contributed by atoms with Crippen molar-refractivity contribution in [1.82, 2.24) is 25.4 Å². The van der Waals surface area contributed by atoms with E-state index in [1.54, 1.807) is 23.2 Å². The molecule has 0 radical (unpaired) electrons. The fourth-order valence-electron chi connectivity index (χ4n) is 2.45. The summed E-state index contributed by atoms with van der Waals surface area (Å²) in [6.45, 7) is 6.49. The van der Waals surface area contributed by atoms with Crippen LogP contribution in [0.1, 0.15) is 37.7 Å². The molecule has 9 heteroatoms. The number of hydrogen-bond donors (Lipinski definition) is 2. The minimum absolute atomic E-state index is 0.200. The first kappa shape index (κ1) is 19.9. The highest BCUT2D eigenvalue weighted by molar-refractivity contribution is 7.13. The zero-order chi connectivity index (χ0) is 19.1. The summed E-state index contributed by atoms with van der Waals surface area (Å²) in [6, 6.07) is -0.200. The van der Waals surface area contributed by atoms with Crippen LogP contribution in [-0.2, 0) is 11.8 Å². The molecule has 2 aromatic heterocycles. The van der Waals surface area contributed by atoms with Crippen LogP contribution in [0.5, 0.6) is 0 Å². The first-order chi connectivity index (χ1) is 12.4. The van der Waals surface area contributed by atoms with Gasteiger partial charge in [-0.25, -0.2) is 9.78 Å². The molecule has 0 aliphatic carbocycles. The van der Waals surface area contributed by atoms with Crippen molar-refractivity contribution < 1.29 is 14.3 Å². The summed E-state index contributed by atoms with van der Waals surface area (Å²) in [5.74, 6) is 0.103. The van der Waals surface area contributed by atoms with E-state index in [0.717, 1.165) is 17.0 Å². The molecular formula is C17H25N5O3S. The van der Waals surface area contributed by atoms with Gasteiger partial charge in [-0.15, -0.1) is 11.3 Å². The Morgan fingerprint density at radius 3 is 2.77 bits per heavy atom. The molecule has 2 rings (SSSR count). The van der Waals surface area contributed by atoms with Crippen molar-refractivity contribution >= 4 is 23.3 Å². The van der Waals surface area contributed by atoms with E-state index in [4.69, 9.17) is 4.74 Å². The van der Waals surface area contributed by atoms with Gasteiger partial charge < -0.3 is 15.4 Å². The minimum atomic E-state index is -0.472. The number of carbonyl (C=O) groups is 2. The summed E-state index contributed by atoms with van der Waals surface area (Å²) in [4.78, 5) is 28.4. The third-order valence-corrected chi connectivity index (χ3v) is 4.44. The maximum atomic E-state index is 12.4. The number of hydrogen-bond acceptors (Lipinski definition) is 6. The number of nitrogens with one attached hydrogen (secondary N) is 2. The highest BCUT2D eigenvalue weighted by atomic mass is 32.1. The van der Waals surface area contributed by atoms with Crippen molar-refractivity contribution in [2.75, 3.05) is 13.2 Å². The van der Waals surface area contributed by atoms with Crippen molar-refractivity contribution in [1.29, 1.82) is 0 Å². The number of ether oxygens (including phenoxy) is 1. The molecule has 2 N–H and O–H groups in total. The second-order valence-corrected chi connectivity index (χ2v) is 7.20. The number of rotatable bonds is 8. The largest absolute Gasteiger partial charge is 0.450 e. The average molecular weight is 379 g/mol. The fraction of sp³-hybridized carbons (Fsp3) is 0.529. The lowest BCUT2D eigenvalue weighted by Gasteiger charge is -2.20. The van der Waals surface area contributed by atoms with Gasteiger partial charge >= 0.3 is 6.09 Å². The number of aromatic nitrogens is 3. The lowest BCUT2D eigenvalue weighted by molar-refractivity contribution is 0.0940. The maximum absolute atomic E-state index is 12.4. The van der Waals surface area contributed by atoms with Crippen molar-refractivity contribution in [3.63, 3.8) is 0 Å². The van der Waals surface area contributed by atoms with Gasteiger partial charge in [-0.2, -0.15) is 5.10 Å². The SMILES string of the molecule is CCOC(=O)NC(CNC(=O)c1csc(-c2cnn(C)c2)n1)CC(C)C. The van der Waals surface area contributed by atoms with E-state index < -0.39 is 6.09 Å². The van der Waals surface area contributed by atoms with E-state index in [-0.39, 0.29) is 11.9 Å². The van der Waals surface area contributed by atoms with Gasteiger partial charge in [-0.05, 0) is 19.3 Å². The summed E-state index contributed by atoms with van der Waals surface area (Å²) in [7, 11) is 1.83. The maximum Gasteiger partial charge on any atom is 0.407 e. The fourth-order valence-corrected chi connectivity index (χ4v) is 3.23. The van der Waals surface area contributed by atoms with Gasteiger partial charge in [-0.3, -0.25) is 9.48 Å². The molecule has 26 heavy (non-hydrogen) atoms. The third kappa shape index (κ3) is 5.83. The molecule has 1 atom stereocenters. The van der Waals surface area contributed by atoms with E-state index in [9.17, 15) is 9.59 Å². The highest BCUT2D eigenvalue weighted by Gasteiger charge is 2.18. The zero-order valence-corrected chi connectivity index (χ0v) is 16.3. The molecule has 8 nitrogen and oxygen atoms in total. The number of aryl methyl sites for hydroxylation is 1. The molecule has 2 aromatic rings. The smallest absolute Gasteiger partial charge is 0.407 e.